The number of nitrogens with one attached hydrogen (secondary N) is 2. The van der Waals surface area contributed by atoms with Crippen molar-refractivity contribution in [3.05, 3.63) is 54.1 Å². The smallest absolute Gasteiger partial charge is 0.315 e. The van der Waals surface area contributed by atoms with Crippen molar-refractivity contribution in [2.24, 2.45) is 0 Å². The summed E-state index contributed by atoms with van der Waals surface area (Å²) in [7, 11) is 1.54. The van der Waals surface area contributed by atoms with E-state index in [1.807, 2.05) is 6.07 Å². The van der Waals surface area contributed by atoms with Gasteiger partial charge in [-0.2, -0.15) is 0 Å². The number of ether oxygens (including phenoxy) is 2. The third-order valence-electron chi connectivity index (χ3n) is 3.54. The van der Waals surface area contributed by atoms with Gasteiger partial charge in [0, 0.05) is 11.3 Å². The van der Waals surface area contributed by atoms with Gasteiger partial charge in [-0.1, -0.05) is 12.1 Å². The van der Waals surface area contributed by atoms with Gasteiger partial charge in [0.2, 0.25) is 5.91 Å². The summed E-state index contributed by atoms with van der Waals surface area (Å²) in [4.78, 5) is 35.5. The van der Waals surface area contributed by atoms with Crippen LogP contribution in [0.4, 0.5) is 11.4 Å². The molecule has 2 aromatic carbocycles. The van der Waals surface area contributed by atoms with Crippen molar-refractivity contribution in [1.82, 2.24) is 0 Å². The number of esters is 1. The molecule has 0 unspecified atom stereocenters. The van der Waals surface area contributed by atoms with E-state index in [0.717, 1.165) is 0 Å². The summed E-state index contributed by atoms with van der Waals surface area (Å²) in [6.07, 6.45) is 0. The molecule has 0 bridgehead atoms. The molecule has 0 spiro atoms. The average molecular weight is 402 g/mol. The first-order valence-corrected chi connectivity index (χ1v) is 9.76. The number of carbonyl (C=O) groups is 3. The molecule has 0 atom stereocenters. The summed E-state index contributed by atoms with van der Waals surface area (Å²) in [6, 6.07) is 13.6. The molecule has 2 amide bonds. The quantitative estimate of drug-likeness (QED) is 0.626. The summed E-state index contributed by atoms with van der Waals surface area (Å²) in [5, 5.41) is 5.51. The van der Waals surface area contributed by atoms with E-state index in [9.17, 15) is 14.4 Å². The highest BCUT2D eigenvalue weighted by Gasteiger charge is 2.10. The zero-order valence-electron chi connectivity index (χ0n) is 15.7. The number of carbonyl (C=O) groups excluding carboxylic acids is 3. The maximum absolute atomic E-state index is 12.4. The van der Waals surface area contributed by atoms with Gasteiger partial charge in [-0.15, -0.1) is 11.8 Å². The molecule has 0 radical (unpaired) electrons. The van der Waals surface area contributed by atoms with Crippen LogP contribution in [0.3, 0.4) is 0 Å². The van der Waals surface area contributed by atoms with Crippen molar-refractivity contribution in [3.8, 4) is 5.75 Å². The molecule has 2 N–H and O–H groups in total. The van der Waals surface area contributed by atoms with Crippen molar-refractivity contribution in [3.63, 3.8) is 0 Å². The summed E-state index contributed by atoms with van der Waals surface area (Å²) in [5.41, 5.74) is 1.59. The second kappa shape index (κ2) is 11.0. The molecule has 0 saturated heterocycles. The fourth-order valence-corrected chi connectivity index (χ4v) is 2.88. The molecule has 0 fully saturated rings. The van der Waals surface area contributed by atoms with Crippen molar-refractivity contribution < 1.29 is 23.9 Å². The Morgan fingerprint density at radius 3 is 2.36 bits per heavy atom. The van der Waals surface area contributed by atoms with Crippen LogP contribution in [0, 0.1) is 0 Å². The zero-order valence-corrected chi connectivity index (χ0v) is 16.5. The van der Waals surface area contributed by atoms with E-state index in [2.05, 4.69) is 10.6 Å². The minimum absolute atomic E-state index is 0.128. The molecule has 0 aromatic heterocycles. The van der Waals surface area contributed by atoms with Gasteiger partial charge in [-0.05, 0) is 43.3 Å². The van der Waals surface area contributed by atoms with Crippen molar-refractivity contribution >= 4 is 40.9 Å². The van der Waals surface area contributed by atoms with Crippen molar-refractivity contribution in [2.75, 3.05) is 35.9 Å². The summed E-state index contributed by atoms with van der Waals surface area (Å²) < 4.78 is 10.0. The summed E-state index contributed by atoms with van der Waals surface area (Å²) >= 11 is 1.18. The highest BCUT2D eigenvalue weighted by atomic mass is 32.2. The van der Waals surface area contributed by atoms with Gasteiger partial charge in [0.1, 0.15) is 5.75 Å². The molecule has 2 aromatic rings. The lowest BCUT2D eigenvalue weighted by Crippen LogP contribution is -2.16. The maximum Gasteiger partial charge on any atom is 0.315 e. The average Bonchev–Trinajstić information content (AvgIpc) is 2.69. The highest BCUT2D eigenvalue weighted by molar-refractivity contribution is 8.00. The van der Waals surface area contributed by atoms with E-state index in [1.54, 1.807) is 49.4 Å². The molecule has 0 aliphatic rings. The second-order valence-electron chi connectivity index (χ2n) is 5.58. The standard InChI is InChI=1S/C20H22N2O5S/c1-3-27-19(24)13-28-12-18(23)21-15-10-8-14(9-11-15)20(25)22-16-6-4-5-7-17(16)26-2/h4-11H,3,12-13H2,1-2H3,(H,21,23)(H,22,25). The Bertz CT molecular complexity index is 824. The lowest BCUT2D eigenvalue weighted by molar-refractivity contribution is -0.139. The van der Waals surface area contributed by atoms with Crippen LogP contribution in [-0.4, -0.2) is 43.0 Å². The number of rotatable bonds is 9. The SMILES string of the molecule is CCOC(=O)CSCC(=O)Nc1ccc(C(=O)Nc2ccccc2OC)cc1. The van der Waals surface area contributed by atoms with Crippen LogP contribution in [0.5, 0.6) is 5.75 Å². The summed E-state index contributed by atoms with van der Waals surface area (Å²) in [6.45, 7) is 2.05. The first-order valence-electron chi connectivity index (χ1n) is 8.61. The van der Waals surface area contributed by atoms with Gasteiger partial charge in [0.25, 0.3) is 5.91 Å². The van der Waals surface area contributed by atoms with E-state index >= 15 is 0 Å². The number of methoxy groups -OCH3 is 1. The molecule has 8 heteroatoms. The molecule has 0 saturated carbocycles. The van der Waals surface area contributed by atoms with Crippen LogP contribution >= 0.6 is 11.8 Å². The van der Waals surface area contributed by atoms with Crippen LogP contribution < -0.4 is 15.4 Å². The molecule has 2 rings (SSSR count). The van der Waals surface area contributed by atoms with Gasteiger partial charge < -0.3 is 20.1 Å². The Morgan fingerprint density at radius 1 is 0.964 bits per heavy atom. The number of hydrogen-bond donors (Lipinski definition) is 2. The molecule has 148 valence electrons. The largest absolute Gasteiger partial charge is 0.495 e. The topological polar surface area (TPSA) is 93.7 Å². The maximum atomic E-state index is 12.4. The normalized spacial score (nSPS) is 10.1. The lowest BCUT2D eigenvalue weighted by Gasteiger charge is -2.10. The Hall–Kier alpha value is -3.00. The van der Waals surface area contributed by atoms with Gasteiger partial charge in [0.15, 0.2) is 0 Å². The van der Waals surface area contributed by atoms with Gasteiger partial charge in [-0.3, -0.25) is 14.4 Å². The molecular formula is C20H22N2O5S. The molecular weight excluding hydrogens is 380 g/mol. The van der Waals surface area contributed by atoms with E-state index in [1.165, 1.54) is 18.9 Å². The Morgan fingerprint density at radius 2 is 1.68 bits per heavy atom. The fourth-order valence-electron chi connectivity index (χ4n) is 2.27. The zero-order chi connectivity index (χ0) is 20.4. The number of anilines is 2. The minimum atomic E-state index is -0.342. The molecule has 0 heterocycles. The van der Waals surface area contributed by atoms with Crippen LogP contribution in [0.15, 0.2) is 48.5 Å². The van der Waals surface area contributed by atoms with E-state index in [0.29, 0.717) is 29.3 Å². The van der Waals surface area contributed by atoms with Crippen molar-refractivity contribution in [2.45, 2.75) is 6.92 Å². The first-order chi connectivity index (χ1) is 13.5. The van der Waals surface area contributed by atoms with Crippen molar-refractivity contribution in [1.29, 1.82) is 0 Å². The van der Waals surface area contributed by atoms with Crippen LogP contribution in [0.25, 0.3) is 0 Å². The molecule has 7 nitrogen and oxygen atoms in total. The number of hydrogen-bond acceptors (Lipinski definition) is 6. The van der Waals surface area contributed by atoms with E-state index < -0.39 is 0 Å². The Kier molecular flexibility index (Phi) is 8.36. The van der Waals surface area contributed by atoms with Crippen LogP contribution in [-0.2, 0) is 14.3 Å². The molecule has 0 aliphatic carbocycles. The van der Waals surface area contributed by atoms with Gasteiger partial charge in [-0.25, -0.2) is 0 Å². The van der Waals surface area contributed by atoms with Gasteiger partial charge >= 0.3 is 5.97 Å². The monoisotopic (exact) mass is 402 g/mol. The predicted molar refractivity (Wildman–Crippen MR) is 110 cm³/mol. The van der Waals surface area contributed by atoms with Crippen LogP contribution in [0.2, 0.25) is 0 Å². The lowest BCUT2D eigenvalue weighted by atomic mass is 10.2. The van der Waals surface area contributed by atoms with E-state index in [4.69, 9.17) is 9.47 Å². The third-order valence-corrected chi connectivity index (χ3v) is 4.45. The Balaban J connectivity index is 1.86. The Labute approximate surface area is 167 Å². The summed E-state index contributed by atoms with van der Waals surface area (Å²) in [5.74, 6) is -0.0308. The van der Waals surface area contributed by atoms with Crippen LogP contribution in [0.1, 0.15) is 17.3 Å². The van der Waals surface area contributed by atoms with Gasteiger partial charge in [0.05, 0.1) is 30.9 Å². The molecule has 28 heavy (non-hydrogen) atoms. The minimum Gasteiger partial charge on any atom is -0.495 e. The second-order valence-corrected chi connectivity index (χ2v) is 6.56. The number of benzene rings is 2. The predicted octanol–water partition coefficient (Wildman–Crippen LogP) is 3.18. The fraction of sp³-hybridized carbons (Fsp3) is 0.250. The van der Waals surface area contributed by atoms with E-state index in [-0.39, 0.29) is 29.3 Å². The number of thioether (sulfide) groups is 1. The first kappa shape index (κ1) is 21.3. The highest BCUT2D eigenvalue weighted by Crippen LogP contribution is 2.23. The number of para-hydroxylation sites is 2. The third kappa shape index (κ3) is 6.62. The molecule has 0 aliphatic heterocycles. The number of amides is 2.